The monoisotopic (exact) mass is 220 g/mol. The molecule has 1 aliphatic heterocycles. The smallest absolute Gasteiger partial charge is 0.117 e. The minimum atomic E-state index is 0.188. The molecule has 1 unspecified atom stereocenters. The van der Waals surface area contributed by atoms with E-state index in [9.17, 15) is 5.11 Å². The van der Waals surface area contributed by atoms with Crippen LogP contribution in [-0.2, 0) is 5.41 Å². The highest BCUT2D eigenvalue weighted by Crippen LogP contribution is 2.40. The Morgan fingerprint density at radius 1 is 1.44 bits per heavy atom. The third kappa shape index (κ3) is 2.00. The molecule has 0 aromatic heterocycles. The van der Waals surface area contributed by atoms with Gasteiger partial charge in [0.25, 0.3) is 0 Å². The van der Waals surface area contributed by atoms with E-state index >= 15 is 0 Å². The Labute approximate surface area is 97.1 Å². The molecule has 88 valence electrons. The summed E-state index contributed by atoms with van der Waals surface area (Å²) in [5, 5.41) is 12.8. The molecule has 0 amide bonds. The lowest BCUT2D eigenvalue weighted by atomic mass is 9.81. The average molecular weight is 220 g/mol. The van der Waals surface area contributed by atoms with E-state index in [0.717, 1.165) is 25.2 Å². The summed E-state index contributed by atoms with van der Waals surface area (Å²) >= 11 is 0. The molecular formula is C13H20N2O. The Balaban J connectivity index is 2.21. The number of phenolic OH excluding ortho intramolecular Hbond substituents is 1. The second kappa shape index (κ2) is 3.98. The maximum Gasteiger partial charge on any atom is 0.117 e. The van der Waals surface area contributed by atoms with E-state index in [-0.39, 0.29) is 5.41 Å². The molecule has 1 aromatic carbocycles. The number of benzene rings is 1. The molecule has 2 rings (SSSR count). The largest absolute Gasteiger partial charge is 0.508 e. The maximum absolute atomic E-state index is 9.44. The van der Waals surface area contributed by atoms with Gasteiger partial charge in [0.2, 0.25) is 0 Å². The summed E-state index contributed by atoms with van der Waals surface area (Å²) < 4.78 is 0. The van der Waals surface area contributed by atoms with Crippen LogP contribution in [0.15, 0.2) is 18.2 Å². The van der Waals surface area contributed by atoms with Gasteiger partial charge in [0, 0.05) is 23.7 Å². The fourth-order valence-corrected chi connectivity index (χ4v) is 2.28. The lowest BCUT2D eigenvalue weighted by Crippen LogP contribution is -2.29. The number of rotatable bonds is 3. The Morgan fingerprint density at radius 2 is 2.19 bits per heavy atom. The van der Waals surface area contributed by atoms with Gasteiger partial charge < -0.3 is 15.3 Å². The number of nitrogens with zero attached hydrogens (tertiary/aromatic N) is 1. The van der Waals surface area contributed by atoms with Gasteiger partial charge in [0.15, 0.2) is 0 Å². The van der Waals surface area contributed by atoms with Gasteiger partial charge in [-0.05, 0) is 38.7 Å². The van der Waals surface area contributed by atoms with E-state index in [1.807, 2.05) is 12.1 Å². The van der Waals surface area contributed by atoms with Crippen molar-refractivity contribution in [2.24, 2.45) is 0 Å². The van der Waals surface area contributed by atoms with Crippen molar-refractivity contribution in [3.8, 4) is 5.75 Å². The highest BCUT2D eigenvalue weighted by atomic mass is 16.3. The number of hydrogen-bond donors (Lipinski definition) is 2. The second-order valence-corrected chi connectivity index (χ2v) is 5.20. The zero-order valence-electron chi connectivity index (χ0n) is 10.2. The molecule has 1 aliphatic rings. The van der Waals surface area contributed by atoms with Gasteiger partial charge in [0.05, 0.1) is 0 Å². The molecule has 0 fully saturated rings. The molecule has 1 heterocycles. The summed E-state index contributed by atoms with van der Waals surface area (Å²) in [5.41, 5.74) is 2.60. The number of fused-ring (bicyclic) bond motifs is 1. The minimum absolute atomic E-state index is 0.188. The molecule has 1 atom stereocenters. The molecular weight excluding hydrogens is 200 g/mol. The first-order valence-electron chi connectivity index (χ1n) is 5.73. The third-order valence-electron chi connectivity index (χ3n) is 3.43. The predicted molar refractivity (Wildman–Crippen MR) is 67.1 cm³/mol. The molecule has 0 spiro atoms. The van der Waals surface area contributed by atoms with Crippen LogP contribution in [0, 0.1) is 0 Å². The van der Waals surface area contributed by atoms with Gasteiger partial charge in [0.1, 0.15) is 5.75 Å². The van der Waals surface area contributed by atoms with Crippen molar-refractivity contribution in [2.45, 2.75) is 18.8 Å². The normalized spacial score (nSPS) is 23.2. The zero-order valence-corrected chi connectivity index (χ0v) is 10.2. The number of nitrogens with one attached hydrogen (secondary N) is 1. The van der Waals surface area contributed by atoms with Crippen LogP contribution in [0.25, 0.3) is 0 Å². The van der Waals surface area contributed by atoms with Gasteiger partial charge in [-0.2, -0.15) is 0 Å². The topological polar surface area (TPSA) is 35.5 Å². The minimum Gasteiger partial charge on any atom is -0.508 e. The SMILES string of the molecule is CN(C)CCC1(C)CNc2cc(O)ccc21. The standard InChI is InChI=1S/C13H20N2O/c1-13(6-7-15(2)3)9-14-12-8-10(16)4-5-11(12)13/h4-5,8,14,16H,6-7,9H2,1-3H3. The Hall–Kier alpha value is -1.22. The molecule has 1 aromatic rings. The zero-order chi connectivity index (χ0) is 11.8. The lowest BCUT2D eigenvalue weighted by molar-refractivity contribution is 0.342. The summed E-state index contributed by atoms with van der Waals surface area (Å²) in [5.74, 6) is 0.336. The van der Waals surface area contributed by atoms with Crippen LogP contribution < -0.4 is 5.32 Å². The van der Waals surface area contributed by atoms with Crippen molar-refractivity contribution < 1.29 is 5.11 Å². The molecule has 3 heteroatoms. The first-order chi connectivity index (χ1) is 7.51. The Morgan fingerprint density at radius 3 is 2.88 bits per heavy atom. The van der Waals surface area contributed by atoms with Gasteiger partial charge in [-0.15, -0.1) is 0 Å². The first kappa shape index (κ1) is 11.3. The number of aromatic hydroxyl groups is 1. The summed E-state index contributed by atoms with van der Waals surface area (Å²) in [6, 6.07) is 5.64. The summed E-state index contributed by atoms with van der Waals surface area (Å²) in [6.45, 7) is 4.32. The molecule has 0 radical (unpaired) electrons. The fraction of sp³-hybridized carbons (Fsp3) is 0.538. The maximum atomic E-state index is 9.44. The molecule has 2 N–H and O–H groups in total. The number of anilines is 1. The van der Waals surface area contributed by atoms with Crippen molar-refractivity contribution in [1.82, 2.24) is 4.90 Å². The van der Waals surface area contributed by atoms with Crippen molar-refractivity contribution >= 4 is 5.69 Å². The summed E-state index contributed by atoms with van der Waals surface area (Å²) in [7, 11) is 4.20. The van der Waals surface area contributed by atoms with E-state index in [0.29, 0.717) is 5.75 Å². The Kier molecular flexibility index (Phi) is 2.80. The van der Waals surface area contributed by atoms with E-state index in [1.54, 1.807) is 6.07 Å². The number of hydrogen-bond acceptors (Lipinski definition) is 3. The first-order valence-corrected chi connectivity index (χ1v) is 5.73. The molecule has 3 nitrogen and oxygen atoms in total. The van der Waals surface area contributed by atoms with Crippen LogP contribution in [-0.4, -0.2) is 37.2 Å². The van der Waals surface area contributed by atoms with Gasteiger partial charge in [-0.3, -0.25) is 0 Å². The quantitative estimate of drug-likeness (QED) is 0.818. The number of phenols is 1. The highest BCUT2D eigenvalue weighted by molar-refractivity contribution is 5.62. The van der Waals surface area contributed by atoms with E-state index in [2.05, 4.69) is 31.2 Å². The predicted octanol–water partition coefficient (Wildman–Crippen LogP) is 2.03. The molecule has 0 bridgehead atoms. The van der Waals surface area contributed by atoms with Crippen LogP contribution in [0.2, 0.25) is 0 Å². The van der Waals surface area contributed by atoms with E-state index in [4.69, 9.17) is 0 Å². The van der Waals surface area contributed by atoms with Gasteiger partial charge >= 0.3 is 0 Å². The van der Waals surface area contributed by atoms with Crippen LogP contribution >= 0.6 is 0 Å². The molecule has 0 aliphatic carbocycles. The van der Waals surface area contributed by atoms with Gasteiger partial charge in [-0.25, -0.2) is 0 Å². The van der Waals surface area contributed by atoms with Crippen molar-refractivity contribution in [3.05, 3.63) is 23.8 Å². The van der Waals surface area contributed by atoms with Crippen molar-refractivity contribution in [3.63, 3.8) is 0 Å². The molecule has 0 saturated heterocycles. The highest BCUT2D eigenvalue weighted by Gasteiger charge is 2.34. The fourth-order valence-electron chi connectivity index (χ4n) is 2.28. The average Bonchev–Trinajstić information content (AvgIpc) is 2.54. The van der Waals surface area contributed by atoms with Crippen LogP contribution in [0.5, 0.6) is 5.75 Å². The molecule has 0 saturated carbocycles. The van der Waals surface area contributed by atoms with Crippen LogP contribution in [0.3, 0.4) is 0 Å². The third-order valence-corrected chi connectivity index (χ3v) is 3.43. The lowest BCUT2D eigenvalue weighted by Gasteiger charge is -2.25. The summed E-state index contributed by atoms with van der Waals surface area (Å²) in [6.07, 6.45) is 1.13. The summed E-state index contributed by atoms with van der Waals surface area (Å²) in [4.78, 5) is 2.21. The van der Waals surface area contributed by atoms with Crippen molar-refractivity contribution in [2.75, 3.05) is 32.5 Å². The van der Waals surface area contributed by atoms with Crippen LogP contribution in [0.1, 0.15) is 18.9 Å². The Bertz CT molecular complexity index is 390. The van der Waals surface area contributed by atoms with E-state index < -0.39 is 0 Å². The van der Waals surface area contributed by atoms with Crippen molar-refractivity contribution in [1.29, 1.82) is 0 Å². The molecule has 16 heavy (non-hydrogen) atoms. The second-order valence-electron chi connectivity index (χ2n) is 5.20. The van der Waals surface area contributed by atoms with Gasteiger partial charge in [-0.1, -0.05) is 13.0 Å². The van der Waals surface area contributed by atoms with Crippen LogP contribution in [0.4, 0.5) is 5.69 Å². The van der Waals surface area contributed by atoms with E-state index in [1.165, 1.54) is 5.56 Å².